The molecule has 0 heterocycles. The summed E-state index contributed by atoms with van der Waals surface area (Å²) in [5.74, 6) is 1.44. The van der Waals surface area contributed by atoms with Crippen LogP contribution >= 0.6 is 0 Å². The third-order valence-corrected chi connectivity index (χ3v) is 3.41. The van der Waals surface area contributed by atoms with E-state index >= 15 is 0 Å². The van der Waals surface area contributed by atoms with E-state index in [0.717, 1.165) is 5.56 Å². The first-order chi connectivity index (χ1) is 11.6. The van der Waals surface area contributed by atoms with E-state index in [1.807, 2.05) is 13.0 Å². The lowest BCUT2D eigenvalue weighted by molar-refractivity contribution is 0.0952. The minimum atomic E-state index is -0.357. The van der Waals surface area contributed by atoms with Gasteiger partial charge in [0, 0.05) is 5.56 Å². The Balaban J connectivity index is 2.16. The van der Waals surface area contributed by atoms with Gasteiger partial charge in [-0.2, -0.15) is 5.10 Å². The molecule has 2 aromatic carbocycles. The third kappa shape index (κ3) is 4.04. The highest BCUT2D eigenvalue weighted by molar-refractivity contribution is 5.97. The van der Waals surface area contributed by atoms with Gasteiger partial charge in [-0.1, -0.05) is 6.07 Å². The van der Waals surface area contributed by atoms with Crippen LogP contribution in [0.5, 0.6) is 17.2 Å². The molecule has 0 bridgehead atoms. The fourth-order valence-corrected chi connectivity index (χ4v) is 2.15. The molecule has 0 aliphatic heterocycles. The Labute approximate surface area is 141 Å². The summed E-state index contributed by atoms with van der Waals surface area (Å²) in [6, 6.07) is 10.7. The molecule has 1 amide bonds. The highest BCUT2D eigenvalue weighted by Gasteiger charge is 2.11. The number of hydrazone groups is 1. The average Bonchev–Trinajstić information content (AvgIpc) is 2.61. The molecule has 0 unspecified atom stereocenters. The summed E-state index contributed by atoms with van der Waals surface area (Å²) >= 11 is 0. The number of rotatable bonds is 6. The van der Waals surface area contributed by atoms with Crippen molar-refractivity contribution in [2.24, 2.45) is 5.10 Å². The quantitative estimate of drug-likeness (QED) is 0.654. The van der Waals surface area contributed by atoms with Crippen LogP contribution in [-0.2, 0) is 0 Å². The normalized spacial score (nSPS) is 10.5. The van der Waals surface area contributed by atoms with Crippen molar-refractivity contribution in [3.05, 3.63) is 53.1 Å². The predicted octanol–water partition coefficient (Wildman–Crippen LogP) is 2.78. The molecule has 0 fully saturated rings. The van der Waals surface area contributed by atoms with Gasteiger partial charge in [-0.05, 0) is 42.8 Å². The van der Waals surface area contributed by atoms with Gasteiger partial charge in [0.2, 0.25) is 0 Å². The maximum Gasteiger partial charge on any atom is 0.275 e. The van der Waals surface area contributed by atoms with Gasteiger partial charge in [-0.15, -0.1) is 0 Å². The first-order valence-corrected chi connectivity index (χ1v) is 7.29. The number of methoxy groups -OCH3 is 3. The van der Waals surface area contributed by atoms with E-state index in [0.29, 0.717) is 28.4 Å². The number of benzene rings is 2. The van der Waals surface area contributed by atoms with Crippen molar-refractivity contribution in [1.29, 1.82) is 0 Å². The molecule has 1 N–H and O–H groups in total. The number of ether oxygens (including phenoxy) is 3. The van der Waals surface area contributed by atoms with E-state index in [1.165, 1.54) is 13.3 Å². The summed E-state index contributed by atoms with van der Waals surface area (Å²) in [6.45, 7) is 1.93. The lowest BCUT2D eigenvalue weighted by Gasteiger charge is -2.08. The van der Waals surface area contributed by atoms with Gasteiger partial charge >= 0.3 is 0 Å². The lowest BCUT2D eigenvalue weighted by atomic mass is 10.1. The second-order valence-electron chi connectivity index (χ2n) is 5.01. The monoisotopic (exact) mass is 328 g/mol. The van der Waals surface area contributed by atoms with E-state index in [-0.39, 0.29) is 5.91 Å². The van der Waals surface area contributed by atoms with Crippen LogP contribution in [0.3, 0.4) is 0 Å². The topological polar surface area (TPSA) is 69.2 Å². The zero-order chi connectivity index (χ0) is 17.5. The van der Waals surface area contributed by atoms with Crippen molar-refractivity contribution in [2.75, 3.05) is 21.3 Å². The summed E-state index contributed by atoms with van der Waals surface area (Å²) in [5, 5.41) is 3.98. The molecule has 2 aromatic rings. The molecular weight excluding hydrogens is 308 g/mol. The first kappa shape index (κ1) is 17.3. The van der Waals surface area contributed by atoms with Gasteiger partial charge in [0.1, 0.15) is 17.2 Å². The van der Waals surface area contributed by atoms with Crippen LogP contribution in [-0.4, -0.2) is 33.5 Å². The van der Waals surface area contributed by atoms with Gasteiger partial charge in [0.15, 0.2) is 0 Å². The lowest BCUT2D eigenvalue weighted by Crippen LogP contribution is -2.18. The summed E-state index contributed by atoms with van der Waals surface area (Å²) < 4.78 is 15.7. The Bertz CT molecular complexity index is 757. The van der Waals surface area contributed by atoms with Gasteiger partial charge in [-0.25, -0.2) is 5.43 Å². The molecule has 126 valence electrons. The number of nitrogens with one attached hydrogen (secondary N) is 1. The summed E-state index contributed by atoms with van der Waals surface area (Å²) in [4.78, 5) is 12.2. The number of aryl methyl sites for hydroxylation is 1. The second kappa shape index (κ2) is 8.01. The van der Waals surface area contributed by atoms with Gasteiger partial charge in [0.05, 0.1) is 33.1 Å². The Kier molecular flexibility index (Phi) is 5.78. The number of carbonyl (C=O) groups is 1. The molecule has 0 spiro atoms. The van der Waals surface area contributed by atoms with Crippen LogP contribution in [0, 0.1) is 6.92 Å². The molecule has 2 rings (SSSR count). The molecule has 0 aliphatic rings. The van der Waals surface area contributed by atoms with Crippen molar-refractivity contribution >= 4 is 12.1 Å². The molecule has 0 radical (unpaired) electrons. The Hall–Kier alpha value is -3.02. The Morgan fingerprint density at radius 2 is 1.75 bits per heavy atom. The van der Waals surface area contributed by atoms with Crippen molar-refractivity contribution in [1.82, 2.24) is 5.43 Å². The fourth-order valence-electron chi connectivity index (χ4n) is 2.15. The zero-order valence-electron chi connectivity index (χ0n) is 14.1. The highest BCUT2D eigenvalue weighted by atomic mass is 16.5. The van der Waals surface area contributed by atoms with Crippen LogP contribution < -0.4 is 19.6 Å². The number of carbonyl (C=O) groups excluding carboxylic acids is 1. The number of nitrogens with zero attached hydrogens (tertiary/aromatic N) is 1. The standard InChI is InChI=1S/C18H20N2O4/c1-12-5-7-15(17(9-12)24-4)18(21)20-19-11-13-10-14(22-2)6-8-16(13)23-3/h5-11H,1-4H3,(H,20,21)/b19-11-. The van der Waals surface area contributed by atoms with Crippen LogP contribution in [0.25, 0.3) is 0 Å². The van der Waals surface area contributed by atoms with E-state index in [9.17, 15) is 4.79 Å². The van der Waals surface area contributed by atoms with Crippen LogP contribution in [0.15, 0.2) is 41.5 Å². The molecule has 24 heavy (non-hydrogen) atoms. The molecular formula is C18H20N2O4. The van der Waals surface area contributed by atoms with Crippen LogP contribution in [0.2, 0.25) is 0 Å². The molecule has 6 heteroatoms. The summed E-state index contributed by atoms with van der Waals surface area (Å²) in [7, 11) is 4.67. The molecule has 6 nitrogen and oxygen atoms in total. The largest absolute Gasteiger partial charge is 0.497 e. The van der Waals surface area contributed by atoms with E-state index in [2.05, 4.69) is 10.5 Å². The number of amides is 1. The van der Waals surface area contributed by atoms with Gasteiger partial charge in [0.25, 0.3) is 5.91 Å². The van der Waals surface area contributed by atoms with Crippen LogP contribution in [0.4, 0.5) is 0 Å². The smallest absolute Gasteiger partial charge is 0.275 e. The predicted molar refractivity (Wildman–Crippen MR) is 92.3 cm³/mol. The van der Waals surface area contributed by atoms with Crippen molar-refractivity contribution in [3.63, 3.8) is 0 Å². The summed E-state index contributed by atoms with van der Waals surface area (Å²) in [6.07, 6.45) is 1.50. The average molecular weight is 328 g/mol. The molecule has 0 aromatic heterocycles. The Morgan fingerprint density at radius 3 is 2.42 bits per heavy atom. The van der Waals surface area contributed by atoms with E-state index in [1.54, 1.807) is 44.6 Å². The van der Waals surface area contributed by atoms with Crippen molar-refractivity contribution in [2.45, 2.75) is 6.92 Å². The fraction of sp³-hybridized carbons (Fsp3) is 0.222. The second-order valence-corrected chi connectivity index (χ2v) is 5.01. The minimum absolute atomic E-state index is 0.357. The molecule has 0 aliphatic carbocycles. The van der Waals surface area contributed by atoms with Gasteiger partial charge < -0.3 is 14.2 Å². The van der Waals surface area contributed by atoms with E-state index in [4.69, 9.17) is 14.2 Å². The van der Waals surface area contributed by atoms with Crippen molar-refractivity contribution in [3.8, 4) is 17.2 Å². The Morgan fingerprint density at radius 1 is 1.00 bits per heavy atom. The van der Waals surface area contributed by atoms with Crippen molar-refractivity contribution < 1.29 is 19.0 Å². The number of hydrogen-bond acceptors (Lipinski definition) is 5. The SMILES string of the molecule is COc1ccc(OC)c(/C=N\NC(=O)c2ccc(C)cc2OC)c1. The van der Waals surface area contributed by atoms with Crippen LogP contribution in [0.1, 0.15) is 21.5 Å². The first-order valence-electron chi connectivity index (χ1n) is 7.29. The summed E-state index contributed by atoms with van der Waals surface area (Å²) in [5.41, 5.74) is 4.59. The third-order valence-electron chi connectivity index (χ3n) is 3.41. The molecule has 0 saturated heterocycles. The maximum atomic E-state index is 12.2. The van der Waals surface area contributed by atoms with E-state index < -0.39 is 0 Å². The highest BCUT2D eigenvalue weighted by Crippen LogP contribution is 2.22. The maximum absolute atomic E-state index is 12.2. The molecule has 0 saturated carbocycles. The zero-order valence-corrected chi connectivity index (χ0v) is 14.1. The number of hydrogen-bond donors (Lipinski definition) is 1. The van der Waals surface area contributed by atoms with Gasteiger partial charge in [-0.3, -0.25) is 4.79 Å². The minimum Gasteiger partial charge on any atom is -0.497 e. The molecule has 0 atom stereocenters.